The van der Waals surface area contributed by atoms with Gasteiger partial charge in [-0.15, -0.1) is 0 Å². The number of methoxy groups -OCH3 is 1. The predicted octanol–water partition coefficient (Wildman–Crippen LogP) is 7.14. The lowest BCUT2D eigenvalue weighted by molar-refractivity contribution is -0.384. The van der Waals surface area contributed by atoms with Crippen molar-refractivity contribution in [2.75, 3.05) is 20.3 Å². The third-order valence-electron chi connectivity index (χ3n) is 10.3. The molecule has 0 radical (unpaired) electrons. The van der Waals surface area contributed by atoms with Crippen LogP contribution in [0, 0.1) is 15.5 Å². The second kappa shape index (κ2) is 16.9. The lowest BCUT2D eigenvalue weighted by Gasteiger charge is -2.38. The van der Waals surface area contributed by atoms with Crippen LogP contribution >= 0.6 is 0 Å². The highest BCUT2D eigenvalue weighted by Gasteiger charge is 2.46. The van der Waals surface area contributed by atoms with E-state index < -0.39 is 57.8 Å². The van der Waals surface area contributed by atoms with Crippen molar-refractivity contribution in [3.05, 3.63) is 93.0 Å². The number of ether oxygens (including phenoxy) is 2. The number of aliphatic carboxylic acids is 1. The Morgan fingerprint density at radius 1 is 1.09 bits per heavy atom. The van der Waals surface area contributed by atoms with Crippen LogP contribution in [0.25, 0.3) is 11.1 Å². The van der Waals surface area contributed by atoms with Crippen molar-refractivity contribution in [2.45, 2.75) is 103 Å². The number of rotatable bonds is 14. The normalized spacial score (nSPS) is 18.8. The van der Waals surface area contributed by atoms with Crippen LogP contribution in [0.5, 0.6) is 0 Å². The molecule has 3 atom stereocenters. The molecule has 4 N–H and O–H groups in total. The summed E-state index contributed by atoms with van der Waals surface area (Å²) in [5.74, 6) is -1.78. The van der Waals surface area contributed by atoms with Crippen molar-refractivity contribution in [3.8, 4) is 11.1 Å². The maximum atomic E-state index is 13.8. The number of nitrogens with one attached hydrogen (secondary N) is 2. The van der Waals surface area contributed by atoms with Crippen molar-refractivity contribution in [1.29, 1.82) is 0 Å². The summed E-state index contributed by atoms with van der Waals surface area (Å²) < 4.78 is 11.1. The Kier molecular flexibility index (Phi) is 12.7. The minimum Gasteiger partial charge on any atom is -0.480 e. The van der Waals surface area contributed by atoms with Crippen molar-refractivity contribution in [1.82, 2.24) is 15.8 Å². The number of nitro groups is 1. The third-order valence-corrected chi connectivity index (χ3v) is 10.3. The number of hydrogen-bond acceptors (Lipinski definition) is 10. The average molecular weight is 772 g/mol. The summed E-state index contributed by atoms with van der Waals surface area (Å²) in [4.78, 5) is 56.1. The molecular weight excluding hydrogens is 718 g/mol. The fraction of sp³-hybridized carbons (Fsp3) is 0.476. The van der Waals surface area contributed by atoms with E-state index in [1.165, 1.54) is 12.1 Å². The number of carbonyl (C=O) groups excluding carboxylic acids is 2. The Bertz CT molecular complexity index is 2010. The van der Waals surface area contributed by atoms with Gasteiger partial charge in [0, 0.05) is 43.4 Å². The number of aliphatic hydroxyl groups excluding tert-OH is 1. The summed E-state index contributed by atoms with van der Waals surface area (Å²) in [5.41, 5.74) is 6.32. The van der Waals surface area contributed by atoms with Crippen molar-refractivity contribution in [2.24, 2.45) is 10.4 Å². The molecule has 14 nitrogen and oxygen atoms in total. The highest BCUT2D eigenvalue weighted by molar-refractivity contribution is 6.14. The number of carboxylic acid groups (broad SMARTS) is 1. The standard InChI is InChI=1S/C42H53N5O9/c1-8-42(24-41(5,6)25-48)32-21-26(15-16-33(32)44-37(42)31-13-10-9-12-27(31)23-55-7)28-18-29(20-30(19-28)47(53)54)34(45-39(52)56-40(2,3)4)22-36(49)46-35(38(50)51)14-11-17-43-46/h9-10,12-13,15-16,18-21,34-35,43,48H,8,11,14,17,22-25H2,1-7H3,(H,45,52)(H,50,51). The zero-order valence-electron chi connectivity index (χ0n) is 33.2. The first-order valence-corrected chi connectivity index (χ1v) is 18.9. The van der Waals surface area contributed by atoms with Crippen LogP contribution in [0.3, 0.4) is 0 Å². The first-order chi connectivity index (χ1) is 26.4. The summed E-state index contributed by atoms with van der Waals surface area (Å²) in [6.45, 7) is 11.9. The molecule has 5 rings (SSSR count). The molecule has 3 aromatic rings. The molecule has 2 heterocycles. The lowest BCUT2D eigenvalue weighted by Crippen LogP contribution is -2.56. The number of amides is 2. The van der Waals surface area contributed by atoms with Gasteiger partial charge in [0.1, 0.15) is 11.6 Å². The molecule has 14 heteroatoms. The van der Waals surface area contributed by atoms with Crippen LogP contribution in [0.2, 0.25) is 0 Å². The number of fused-ring (bicyclic) bond motifs is 1. The van der Waals surface area contributed by atoms with Crippen LogP contribution in [0.15, 0.2) is 65.7 Å². The second-order valence-electron chi connectivity index (χ2n) is 16.4. The van der Waals surface area contributed by atoms with E-state index in [2.05, 4.69) is 17.7 Å². The Balaban J connectivity index is 1.64. The number of benzene rings is 3. The van der Waals surface area contributed by atoms with Gasteiger partial charge in [-0.05, 0) is 97.9 Å². The highest BCUT2D eigenvalue weighted by atomic mass is 16.6. The van der Waals surface area contributed by atoms with E-state index in [4.69, 9.17) is 14.5 Å². The molecule has 2 aliphatic heterocycles. The van der Waals surface area contributed by atoms with Crippen molar-refractivity contribution < 1.29 is 39.0 Å². The number of nitro benzene ring substituents is 1. The van der Waals surface area contributed by atoms with E-state index in [0.717, 1.165) is 33.1 Å². The van der Waals surface area contributed by atoms with E-state index in [1.807, 2.05) is 56.3 Å². The number of carbonyl (C=O) groups is 3. The number of non-ortho nitro benzene ring substituents is 1. The smallest absolute Gasteiger partial charge is 0.408 e. The van der Waals surface area contributed by atoms with Gasteiger partial charge in [0.15, 0.2) is 0 Å². The molecule has 2 amide bonds. The van der Waals surface area contributed by atoms with E-state index in [9.17, 15) is 34.7 Å². The summed E-state index contributed by atoms with van der Waals surface area (Å²) in [6.07, 6.45) is 0.733. The van der Waals surface area contributed by atoms with E-state index in [0.29, 0.717) is 43.5 Å². The second-order valence-corrected chi connectivity index (χ2v) is 16.4. The zero-order chi connectivity index (χ0) is 41.0. The number of carboxylic acids is 1. The Hall–Kier alpha value is -5.18. The van der Waals surface area contributed by atoms with Gasteiger partial charge >= 0.3 is 12.1 Å². The Morgan fingerprint density at radius 3 is 2.46 bits per heavy atom. The topological polar surface area (TPSA) is 193 Å². The van der Waals surface area contributed by atoms with Crippen molar-refractivity contribution >= 4 is 35.1 Å². The predicted molar refractivity (Wildman–Crippen MR) is 212 cm³/mol. The Morgan fingerprint density at radius 2 is 1.82 bits per heavy atom. The molecule has 0 aliphatic carbocycles. The quantitative estimate of drug-likeness (QED) is 0.0968. The summed E-state index contributed by atoms with van der Waals surface area (Å²) in [5, 5.41) is 36.6. The molecule has 2 aliphatic rings. The van der Waals surface area contributed by atoms with Gasteiger partial charge in [-0.1, -0.05) is 51.1 Å². The minimum atomic E-state index is -1.17. The van der Waals surface area contributed by atoms with E-state index in [1.54, 1.807) is 33.9 Å². The van der Waals surface area contributed by atoms with Crippen LogP contribution in [0.1, 0.15) is 102 Å². The number of hydrazine groups is 1. The molecule has 3 unspecified atom stereocenters. The largest absolute Gasteiger partial charge is 0.480 e. The number of aliphatic imine (C=N–C) groups is 1. The maximum Gasteiger partial charge on any atom is 0.408 e. The molecule has 0 saturated carbocycles. The molecule has 0 bridgehead atoms. The molecule has 0 aromatic heterocycles. The van der Waals surface area contributed by atoms with Crippen LogP contribution in [-0.4, -0.2) is 75.7 Å². The van der Waals surface area contributed by atoms with Gasteiger partial charge in [0.2, 0.25) is 5.91 Å². The number of nitrogens with zero attached hydrogens (tertiary/aromatic N) is 3. The van der Waals surface area contributed by atoms with Gasteiger partial charge < -0.3 is 25.0 Å². The van der Waals surface area contributed by atoms with Gasteiger partial charge in [-0.25, -0.2) is 15.0 Å². The summed E-state index contributed by atoms with van der Waals surface area (Å²) >= 11 is 0. The molecule has 1 saturated heterocycles. The fourth-order valence-electron chi connectivity index (χ4n) is 7.75. The molecule has 56 heavy (non-hydrogen) atoms. The first kappa shape index (κ1) is 42.0. The molecule has 3 aromatic carbocycles. The van der Waals surface area contributed by atoms with Gasteiger partial charge in [0.25, 0.3) is 5.69 Å². The lowest BCUT2D eigenvalue weighted by atomic mass is 9.64. The third kappa shape index (κ3) is 9.26. The van der Waals surface area contributed by atoms with E-state index in [-0.39, 0.29) is 24.3 Å². The zero-order valence-corrected chi connectivity index (χ0v) is 33.2. The number of aliphatic hydroxyl groups is 1. The van der Waals surface area contributed by atoms with Gasteiger partial charge in [-0.2, -0.15) is 0 Å². The Labute approximate surface area is 327 Å². The van der Waals surface area contributed by atoms with Gasteiger partial charge in [-0.3, -0.25) is 24.9 Å². The van der Waals surface area contributed by atoms with Crippen LogP contribution in [0.4, 0.5) is 16.2 Å². The first-order valence-electron chi connectivity index (χ1n) is 18.9. The fourth-order valence-corrected chi connectivity index (χ4v) is 7.75. The van der Waals surface area contributed by atoms with Gasteiger partial charge in [0.05, 0.1) is 35.4 Å². The minimum absolute atomic E-state index is 0.0596. The maximum absolute atomic E-state index is 13.8. The molecule has 300 valence electrons. The van der Waals surface area contributed by atoms with E-state index >= 15 is 0 Å². The van der Waals surface area contributed by atoms with Crippen LogP contribution in [-0.2, 0) is 31.1 Å². The SMILES string of the molecule is CCC1(CC(C)(C)CO)C(c2ccccc2COC)=Nc2ccc(-c3cc(C(CC(=O)N4NCCCC4C(=O)O)NC(=O)OC(C)(C)C)cc([N+](=O)[O-])c3)cc21. The summed E-state index contributed by atoms with van der Waals surface area (Å²) in [6, 6.07) is 15.9. The highest BCUT2D eigenvalue weighted by Crippen LogP contribution is 2.52. The monoisotopic (exact) mass is 771 g/mol. The number of hydrogen-bond donors (Lipinski definition) is 4. The molecule has 0 spiro atoms. The van der Waals surface area contributed by atoms with Crippen LogP contribution < -0.4 is 10.7 Å². The average Bonchev–Trinajstić information content (AvgIpc) is 3.46. The molecule has 1 fully saturated rings. The summed E-state index contributed by atoms with van der Waals surface area (Å²) in [7, 11) is 1.64. The molecular formula is C42H53N5O9. The van der Waals surface area contributed by atoms with Crippen molar-refractivity contribution in [3.63, 3.8) is 0 Å². The number of alkyl carbamates (subject to hydrolysis) is 1.